The third-order valence-electron chi connectivity index (χ3n) is 4.94. The highest BCUT2D eigenvalue weighted by Crippen LogP contribution is 2.38. The largest absolute Gasteiger partial charge is 0.482 e. The number of para-hydroxylation sites is 1. The van der Waals surface area contributed by atoms with Gasteiger partial charge in [0.05, 0.1) is 10.6 Å². The highest BCUT2D eigenvalue weighted by molar-refractivity contribution is 7.17. The third kappa shape index (κ3) is 5.21. The average molecular weight is 475 g/mol. The van der Waals surface area contributed by atoms with Crippen LogP contribution in [0.4, 0.5) is 10.7 Å². The number of nitrogens with one attached hydrogen (secondary N) is 2. The van der Waals surface area contributed by atoms with Gasteiger partial charge >= 0.3 is 0 Å². The fourth-order valence-corrected chi connectivity index (χ4v) is 5.27. The van der Waals surface area contributed by atoms with Crippen molar-refractivity contribution in [2.24, 2.45) is 0 Å². The van der Waals surface area contributed by atoms with E-state index in [1.165, 1.54) is 11.3 Å². The van der Waals surface area contributed by atoms with Gasteiger partial charge in [-0.15, -0.1) is 11.3 Å². The topological polar surface area (TPSA) is 67.4 Å². The zero-order valence-electron chi connectivity index (χ0n) is 16.5. The predicted molar refractivity (Wildman–Crippen MR) is 126 cm³/mol. The Bertz CT molecular complexity index is 1120. The Labute approximate surface area is 194 Å². The maximum atomic E-state index is 13.1. The lowest BCUT2D eigenvalue weighted by Gasteiger charge is -2.13. The van der Waals surface area contributed by atoms with Crippen molar-refractivity contribution in [1.82, 2.24) is 0 Å². The molecule has 4 rings (SSSR count). The first-order valence-corrected chi connectivity index (χ1v) is 11.5. The lowest BCUT2D eigenvalue weighted by Crippen LogP contribution is -2.22. The van der Waals surface area contributed by atoms with Crippen LogP contribution in [0, 0.1) is 0 Å². The van der Waals surface area contributed by atoms with E-state index in [0.717, 1.165) is 36.1 Å². The second-order valence-electron chi connectivity index (χ2n) is 7.15. The zero-order valence-corrected chi connectivity index (χ0v) is 18.9. The summed E-state index contributed by atoms with van der Waals surface area (Å²) in [5.41, 5.74) is 2.28. The van der Waals surface area contributed by atoms with Gasteiger partial charge in [-0.3, -0.25) is 9.59 Å². The summed E-state index contributed by atoms with van der Waals surface area (Å²) in [6.07, 6.45) is 3.86. The molecule has 1 aromatic heterocycles. The number of benzene rings is 2. The summed E-state index contributed by atoms with van der Waals surface area (Å²) in [6.45, 7) is -0.232. The van der Waals surface area contributed by atoms with Crippen molar-refractivity contribution in [3.63, 3.8) is 0 Å². The molecule has 0 fully saturated rings. The highest BCUT2D eigenvalue weighted by Gasteiger charge is 2.26. The molecule has 0 saturated carbocycles. The Balaban J connectivity index is 1.51. The zero-order chi connectivity index (χ0) is 21.8. The summed E-state index contributed by atoms with van der Waals surface area (Å²) in [5, 5.41) is 7.16. The van der Waals surface area contributed by atoms with E-state index < -0.39 is 0 Å². The van der Waals surface area contributed by atoms with Crippen LogP contribution in [0.1, 0.15) is 33.6 Å². The van der Waals surface area contributed by atoms with Gasteiger partial charge in [0.25, 0.3) is 11.8 Å². The molecule has 3 aromatic rings. The molecule has 0 aliphatic heterocycles. The SMILES string of the molecule is O=C(COc1ccc(Cl)cc1Cl)Nc1sc2c(c1C(=O)Nc1ccccc1)CCCC2. The molecular weight excluding hydrogens is 455 g/mol. The molecule has 0 saturated heterocycles. The van der Waals surface area contributed by atoms with Crippen molar-refractivity contribution in [2.45, 2.75) is 25.7 Å². The van der Waals surface area contributed by atoms with Crippen LogP contribution in [0.2, 0.25) is 10.0 Å². The summed E-state index contributed by atoms with van der Waals surface area (Å²) in [5.74, 6) is -0.213. The van der Waals surface area contributed by atoms with E-state index in [4.69, 9.17) is 27.9 Å². The van der Waals surface area contributed by atoms with Crippen molar-refractivity contribution >= 4 is 57.0 Å². The Hall–Kier alpha value is -2.54. The standard InChI is InChI=1S/C23H20Cl2N2O3S/c24-14-10-11-18(17(25)12-14)30-13-20(28)27-23-21(16-8-4-5-9-19(16)31-23)22(29)26-15-6-2-1-3-7-15/h1-3,6-7,10-12H,4-5,8-9,13H2,(H,26,29)(H,27,28). The number of hydrogen-bond acceptors (Lipinski definition) is 4. The first-order valence-electron chi connectivity index (χ1n) is 9.90. The summed E-state index contributed by atoms with van der Waals surface area (Å²) in [7, 11) is 0. The molecule has 2 aromatic carbocycles. The predicted octanol–water partition coefficient (Wildman–Crippen LogP) is 6.20. The van der Waals surface area contributed by atoms with E-state index in [0.29, 0.717) is 32.0 Å². The van der Waals surface area contributed by atoms with Crippen LogP contribution in [0.15, 0.2) is 48.5 Å². The number of rotatable bonds is 6. The molecule has 0 spiro atoms. The van der Waals surface area contributed by atoms with Gasteiger partial charge in [-0.1, -0.05) is 41.4 Å². The van der Waals surface area contributed by atoms with Crippen LogP contribution in [0.3, 0.4) is 0 Å². The van der Waals surface area contributed by atoms with Crippen LogP contribution >= 0.6 is 34.5 Å². The maximum Gasteiger partial charge on any atom is 0.262 e. The van der Waals surface area contributed by atoms with Crippen LogP contribution in [0.5, 0.6) is 5.75 Å². The Morgan fingerprint density at radius 1 is 1.00 bits per heavy atom. The van der Waals surface area contributed by atoms with Gasteiger partial charge in [-0.05, 0) is 61.6 Å². The molecule has 2 N–H and O–H groups in total. The van der Waals surface area contributed by atoms with Gasteiger partial charge in [0.2, 0.25) is 0 Å². The van der Waals surface area contributed by atoms with E-state index in [-0.39, 0.29) is 18.4 Å². The molecule has 0 unspecified atom stereocenters. The smallest absolute Gasteiger partial charge is 0.262 e. The van der Waals surface area contributed by atoms with Gasteiger partial charge in [-0.2, -0.15) is 0 Å². The summed E-state index contributed by atoms with van der Waals surface area (Å²) in [6, 6.07) is 14.1. The van der Waals surface area contributed by atoms with Gasteiger partial charge in [0.15, 0.2) is 6.61 Å². The van der Waals surface area contributed by atoms with Crippen molar-refractivity contribution in [3.05, 3.63) is 74.6 Å². The molecule has 160 valence electrons. The van der Waals surface area contributed by atoms with E-state index in [2.05, 4.69) is 10.6 Å². The Kier molecular flexibility index (Phi) is 6.80. The number of halogens is 2. The Morgan fingerprint density at radius 2 is 1.77 bits per heavy atom. The molecule has 2 amide bonds. The lowest BCUT2D eigenvalue weighted by molar-refractivity contribution is -0.118. The molecular formula is C23H20Cl2N2O3S. The molecule has 0 bridgehead atoms. The van der Waals surface area contributed by atoms with Gasteiger partial charge in [0, 0.05) is 15.6 Å². The van der Waals surface area contributed by atoms with Crippen molar-refractivity contribution < 1.29 is 14.3 Å². The van der Waals surface area contributed by atoms with Crippen molar-refractivity contribution in [1.29, 1.82) is 0 Å². The molecule has 8 heteroatoms. The molecule has 0 radical (unpaired) electrons. The molecule has 0 atom stereocenters. The summed E-state index contributed by atoms with van der Waals surface area (Å²) in [4.78, 5) is 26.8. The summed E-state index contributed by atoms with van der Waals surface area (Å²) >= 11 is 13.4. The van der Waals surface area contributed by atoms with E-state index in [1.54, 1.807) is 18.2 Å². The maximum absolute atomic E-state index is 13.1. The number of fused-ring (bicyclic) bond motifs is 1. The lowest BCUT2D eigenvalue weighted by atomic mass is 9.95. The minimum Gasteiger partial charge on any atom is -0.482 e. The second kappa shape index (κ2) is 9.73. The van der Waals surface area contributed by atoms with Gasteiger partial charge < -0.3 is 15.4 Å². The fraction of sp³-hybridized carbons (Fsp3) is 0.217. The number of ether oxygens (including phenoxy) is 1. The first-order chi connectivity index (χ1) is 15.0. The molecule has 31 heavy (non-hydrogen) atoms. The van der Waals surface area contributed by atoms with Crippen LogP contribution in [-0.2, 0) is 17.6 Å². The van der Waals surface area contributed by atoms with Crippen LogP contribution in [-0.4, -0.2) is 18.4 Å². The fourth-order valence-electron chi connectivity index (χ4n) is 3.51. The number of aryl methyl sites for hydroxylation is 1. The monoisotopic (exact) mass is 474 g/mol. The third-order valence-corrected chi connectivity index (χ3v) is 6.67. The quantitative estimate of drug-likeness (QED) is 0.446. The number of amides is 2. The number of hydrogen-bond donors (Lipinski definition) is 2. The normalized spacial score (nSPS) is 12.7. The van der Waals surface area contributed by atoms with Crippen molar-refractivity contribution in [3.8, 4) is 5.75 Å². The minimum atomic E-state index is -0.363. The minimum absolute atomic E-state index is 0.220. The van der Waals surface area contributed by atoms with Gasteiger partial charge in [0.1, 0.15) is 10.8 Å². The molecule has 5 nitrogen and oxygen atoms in total. The number of anilines is 2. The van der Waals surface area contributed by atoms with E-state index in [9.17, 15) is 9.59 Å². The van der Waals surface area contributed by atoms with E-state index >= 15 is 0 Å². The first kappa shape index (κ1) is 21.7. The van der Waals surface area contributed by atoms with Crippen LogP contribution < -0.4 is 15.4 Å². The Morgan fingerprint density at radius 3 is 2.55 bits per heavy atom. The number of thiophene rings is 1. The van der Waals surface area contributed by atoms with Crippen molar-refractivity contribution in [2.75, 3.05) is 17.2 Å². The number of carbonyl (C=O) groups excluding carboxylic acids is 2. The van der Waals surface area contributed by atoms with E-state index in [1.807, 2.05) is 30.3 Å². The van der Waals surface area contributed by atoms with Gasteiger partial charge in [-0.25, -0.2) is 0 Å². The highest BCUT2D eigenvalue weighted by atomic mass is 35.5. The number of carbonyl (C=O) groups is 2. The second-order valence-corrected chi connectivity index (χ2v) is 9.10. The molecule has 1 aliphatic rings. The van der Waals surface area contributed by atoms with Crippen LogP contribution in [0.25, 0.3) is 0 Å². The average Bonchev–Trinajstić information content (AvgIpc) is 3.11. The summed E-state index contributed by atoms with van der Waals surface area (Å²) < 4.78 is 5.53. The molecule has 1 aliphatic carbocycles. The molecule has 1 heterocycles.